The molecule has 1 N–H and O–H groups in total. The average molecular weight is 395 g/mol. The zero-order chi connectivity index (χ0) is 18.8. The number of pyridine rings is 1. The van der Waals surface area contributed by atoms with Crippen LogP contribution < -0.4 is 4.74 Å². The van der Waals surface area contributed by atoms with E-state index in [9.17, 15) is 14.7 Å². The molecule has 0 aliphatic carbocycles. The van der Waals surface area contributed by atoms with Crippen LogP contribution in [-0.4, -0.2) is 39.5 Å². The summed E-state index contributed by atoms with van der Waals surface area (Å²) in [6, 6.07) is 7.79. The molecule has 1 fully saturated rings. The highest BCUT2D eigenvalue weighted by molar-refractivity contribution is 6.42. The van der Waals surface area contributed by atoms with Gasteiger partial charge in [0.2, 0.25) is 5.88 Å². The monoisotopic (exact) mass is 394 g/mol. The molecule has 0 saturated carbocycles. The Labute approximate surface area is 160 Å². The van der Waals surface area contributed by atoms with Gasteiger partial charge in [-0.3, -0.25) is 9.59 Å². The van der Waals surface area contributed by atoms with Gasteiger partial charge in [0, 0.05) is 24.8 Å². The molecule has 2 unspecified atom stereocenters. The highest BCUT2D eigenvalue weighted by atomic mass is 35.5. The number of amides is 1. The van der Waals surface area contributed by atoms with E-state index in [2.05, 4.69) is 4.98 Å². The van der Waals surface area contributed by atoms with Gasteiger partial charge in [0.1, 0.15) is 10.8 Å². The van der Waals surface area contributed by atoms with Crippen LogP contribution >= 0.6 is 23.2 Å². The standard InChI is InChI=1S/C18H16Cl2N2O4/c1-10-12(18(24)25)7-8-22(10)17(23)11-5-6-15(21-9-11)26-14-4-2-3-13(19)16(14)20/h2-6,9-10,12H,7-8H2,1H3,(H,24,25). The van der Waals surface area contributed by atoms with Crippen molar-refractivity contribution in [1.82, 2.24) is 9.88 Å². The Morgan fingerprint density at radius 1 is 1.27 bits per heavy atom. The van der Waals surface area contributed by atoms with Crippen molar-refractivity contribution in [2.24, 2.45) is 5.92 Å². The zero-order valence-corrected chi connectivity index (χ0v) is 15.4. The molecule has 2 heterocycles. The van der Waals surface area contributed by atoms with Crippen LogP contribution in [0.5, 0.6) is 11.6 Å². The topological polar surface area (TPSA) is 79.7 Å². The number of aromatic nitrogens is 1. The number of rotatable bonds is 4. The van der Waals surface area contributed by atoms with E-state index in [1.807, 2.05) is 0 Å². The van der Waals surface area contributed by atoms with Crippen LogP contribution in [0.4, 0.5) is 0 Å². The van der Waals surface area contributed by atoms with E-state index in [0.29, 0.717) is 29.3 Å². The van der Waals surface area contributed by atoms with Gasteiger partial charge in [0.05, 0.1) is 16.5 Å². The van der Waals surface area contributed by atoms with Gasteiger partial charge >= 0.3 is 5.97 Å². The van der Waals surface area contributed by atoms with Crippen molar-refractivity contribution in [2.75, 3.05) is 6.54 Å². The number of aliphatic carboxylic acids is 1. The maximum absolute atomic E-state index is 12.6. The Morgan fingerprint density at radius 2 is 2.04 bits per heavy atom. The second-order valence-electron chi connectivity index (χ2n) is 6.01. The molecular formula is C18H16Cl2N2O4. The molecule has 1 aliphatic heterocycles. The van der Waals surface area contributed by atoms with Crippen LogP contribution in [0.1, 0.15) is 23.7 Å². The van der Waals surface area contributed by atoms with Gasteiger partial charge in [-0.2, -0.15) is 0 Å². The van der Waals surface area contributed by atoms with Gasteiger partial charge in [0.15, 0.2) is 0 Å². The highest BCUT2D eigenvalue weighted by Crippen LogP contribution is 2.34. The summed E-state index contributed by atoms with van der Waals surface area (Å²) in [6.45, 7) is 2.16. The number of hydrogen-bond acceptors (Lipinski definition) is 4. The van der Waals surface area contributed by atoms with Crippen LogP contribution in [0, 0.1) is 5.92 Å². The van der Waals surface area contributed by atoms with Crippen LogP contribution in [0.25, 0.3) is 0 Å². The zero-order valence-electron chi connectivity index (χ0n) is 13.9. The van der Waals surface area contributed by atoms with Crippen molar-refractivity contribution in [3.05, 3.63) is 52.1 Å². The maximum atomic E-state index is 12.6. The maximum Gasteiger partial charge on any atom is 0.308 e. The summed E-state index contributed by atoms with van der Waals surface area (Å²) >= 11 is 12.0. The Kier molecular flexibility index (Phi) is 5.34. The summed E-state index contributed by atoms with van der Waals surface area (Å²) in [5.74, 6) is -1.04. The lowest BCUT2D eigenvalue weighted by Crippen LogP contribution is -2.37. The van der Waals surface area contributed by atoms with Gasteiger partial charge < -0.3 is 14.7 Å². The molecule has 1 saturated heterocycles. The van der Waals surface area contributed by atoms with Crippen LogP contribution in [-0.2, 0) is 4.79 Å². The number of hydrogen-bond donors (Lipinski definition) is 1. The quantitative estimate of drug-likeness (QED) is 0.843. The predicted molar refractivity (Wildman–Crippen MR) is 97.0 cm³/mol. The SMILES string of the molecule is CC1C(C(=O)O)CCN1C(=O)c1ccc(Oc2cccc(Cl)c2Cl)nc1. The van der Waals surface area contributed by atoms with Gasteiger partial charge in [-0.25, -0.2) is 4.98 Å². The number of carbonyl (C=O) groups is 2. The normalized spacial score (nSPS) is 19.4. The first-order valence-corrected chi connectivity index (χ1v) is 8.75. The van der Waals surface area contributed by atoms with Gasteiger partial charge in [0.25, 0.3) is 5.91 Å². The summed E-state index contributed by atoms with van der Waals surface area (Å²) in [5.41, 5.74) is 0.368. The van der Waals surface area contributed by atoms with Gasteiger partial charge in [-0.05, 0) is 31.5 Å². The van der Waals surface area contributed by atoms with E-state index in [1.54, 1.807) is 42.2 Å². The van der Waals surface area contributed by atoms with Crippen molar-refractivity contribution < 1.29 is 19.4 Å². The number of likely N-dealkylation sites (tertiary alicyclic amines) is 1. The minimum atomic E-state index is -0.881. The molecule has 3 rings (SSSR count). The summed E-state index contributed by atoms with van der Waals surface area (Å²) in [6.07, 6.45) is 1.85. The van der Waals surface area contributed by atoms with Crippen LogP contribution in [0.3, 0.4) is 0 Å². The third-order valence-corrected chi connectivity index (χ3v) is 5.25. The summed E-state index contributed by atoms with van der Waals surface area (Å²) in [5, 5.41) is 9.83. The molecule has 0 bridgehead atoms. The lowest BCUT2D eigenvalue weighted by molar-refractivity contribution is -0.142. The number of carbonyl (C=O) groups excluding carboxylic acids is 1. The van der Waals surface area contributed by atoms with E-state index in [4.69, 9.17) is 27.9 Å². The molecule has 26 heavy (non-hydrogen) atoms. The molecule has 8 heteroatoms. The summed E-state index contributed by atoms with van der Waals surface area (Å²) in [4.78, 5) is 29.5. The predicted octanol–water partition coefficient (Wildman–Crippen LogP) is 4.12. The average Bonchev–Trinajstić information content (AvgIpc) is 3.01. The third-order valence-electron chi connectivity index (χ3n) is 4.45. The van der Waals surface area contributed by atoms with E-state index in [1.165, 1.54) is 6.20 Å². The minimum Gasteiger partial charge on any atom is -0.481 e. The first kappa shape index (κ1) is 18.5. The lowest BCUT2D eigenvalue weighted by Gasteiger charge is -2.23. The van der Waals surface area contributed by atoms with Crippen LogP contribution in [0.2, 0.25) is 10.0 Å². The Morgan fingerprint density at radius 3 is 2.65 bits per heavy atom. The fourth-order valence-corrected chi connectivity index (χ4v) is 3.30. The number of halogens is 2. The Hall–Kier alpha value is -2.31. The van der Waals surface area contributed by atoms with Crippen molar-refractivity contribution in [1.29, 1.82) is 0 Å². The first-order valence-electron chi connectivity index (χ1n) is 8.00. The van der Waals surface area contributed by atoms with Crippen molar-refractivity contribution >= 4 is 35.1 Å². The molecule has 1 aromatic carbocycles. The third kappa shape index (κ3) is 3.61. The Bertz CT molecular complexity index is 842. The number of benzene rings is 1. The van der Waals surface area contributed by atoms with Gasteiger partial charge in [-0.1, -0.05) is 29.3 Å². The lowest BCUT2D eigenvalue weighted by atomic mass is 10.0. The molecule has 1 aromatic heterocycles. The summed E-state index contributed by atoms with van der Waals surface area (Å²) in [7, 11) is 0. The van der Waals surface area contributed by atoms with E-state index in [0.717, 1.165) is 0 Å². The largest absolute Gasteiger partial charge is 0.481 e. The van der Waals surface area contributed by atoms with Crippen molar-refractivity contribution in [3.8, 4) is 11.6 Å². The molecule has 0 radical (unpaired) electrons. The second-order valence-corrected chi connectivity index (χ2v) is 6.80. The fourth-order valence-electron chi connectivity index (χ4n) is 2.97. The molecule has 2 atom stereocenters. The summed E-state index contributed by atoms with van der Waals surface area (Å²) < 4.78 is 5.59. The number of ether oxygens (including phenoxy) is 1. The molecule has 2 aromatic rings. The molecule has 0 spiro atoms. The van der Waals surface area contributed by atoms with E-state index in [-0.39, 0.29) is 22.9 Å². The molecular weight excluding hydrogens is 379 g/mol. The molecule has 1 amide bonds. The van der Waals surface area contributed by atoms with Crippen molar-refractivity contribution in [2.45, 2.75) is 19.4 Å². The van der Waals surface area contributed by atoms with Crippen LogP contribution in [0.15, 0.2) is 36.5 Å². The number of nitrogens with zero attached hydrogens (tertiary/aromatic N) is 2. The molecule has 6 nitrogen and oxygen atoms in total. The van der Waals surface area contributed by atoms with Gasteiger partial charge in [-0.15, -0.1) is 0 Å². The smallest absolute Gasteiger partial charge is 0.308 e. The van der Waals surface area contributed by atoms with E-state index >= 15 is 0 Å². The molecule has 1 aliphatic rings. The van der Waals surface area contributed by atoms with E-state index < -0.39 is 11.9 Å². The minimum absolute atomic E-state index is 0.249. The first-order chi connectivity index (χ1) is 12.4. The Balaban J connectivity index is 1.72. The molecule has 136 valence electrons. The number of carboxylic acid groups (broad SMARTS) is 1. The fraction of sp³-hybridized carbons (Fsp3) is 0.278. The second kappa shape index (κ2) is 7.51. The highest BCUT2D eigenvalue weighted by Gasteiger charge is 2.38. The number of carboxylic acids is 1. The van der Waals surface area contributed by atoms with Crippen molar-refractivity contribution in [3.63, 3.8) is 0 Å².